The van der Waals surface area contributed by atoms with E-state index in [0.29, 0.717) is 34.8 Å². The van der Waals surface area contributed by atoms with Crippen molar-refractivity contribution in [2.45, 2.75) is 89.8 Å². The lowest BCUT2D eigenvalue weighted by Crippen LogP contribution is -2.56. The molecule has 4 heterocycles. The van der Waals surface area contributed by atoms with E-state index < -0.39 is 48.5 Å². The van der Waals surface area contributed by atoms with Crippen LogP contribution in [0.3, 0.4) is 0 Å². The van der Waals surface area contributed by atoms with Crippen LogP contribution in [0.5, 0.6) is 11.5 Å². The summed E-state index contributed by atoms with van der Waals surface area (Å²) < 4.78 is 24.9. The molecule has 206 valence electrons. The van der Waals surface area contributed by atoms with Gasteiger partial charge in [0.1, 0.15) is 42.3 Å². The van der Waals surface area contributed by atoms with Gasteiger partial charge in [-0.15, -0.1) is 5.10 Å². The molecule has 0 saturated carbocycles. The summed E-state index contributed by atoms with van der Waals surface area (Å²) in [6.45, 7) is 7.14. The Balaban J connectivity index is 1.48. The van der Waals surface area contributed by atoms with E-state index >= 15 is 0 Å². The maximum absolute atomic E-state index is 12.7. The topological polar surface area (TPSA) is 170 Å². The first-order chi connectivity index (χ1) is 18.0. The summed E-state index contributed by atoms with van der Waals surface area (Å²) >= 11 is 0. The third-order valence-corrected chi connectivity index (χ3v) is 7.34. The summed E-state index contributed by atoms with van der Waals surface area (Å²) in [5.74, 6) is 0.817. The summed E-state index contributed by atoms with van der Waals surface area (Å²) in [7, 11) is 0. The zero-order chi connectivity index (χ0) is 27.4. The fourth-order valence-electron chi connectivity index (χ4n) is 5.08. The maximum atomic E-state index is 12.7. The summed E-state index contributed by atoms with van der Waals surface area (Å²) in [5.41, 5.74) is 2.19. The second-order valence-corrected chi connectivity index (χ2v) is 10.5. The van der Waals surface area contributed by atoms with Crippen LogP contribution in [0.2, 0.25) is 0 Å². The Hall–Kier alpha value is -3.03. The van der Waals surface area contributed by atoms with Crippen LogP contribution in [0.25, 0.3) is 11.0 Å². The molecule has 2 aromatic heterocycles. The molecule has 1 fully saturated rings. The minimum Gasteiger partial charge on any atom is -0.484 e. The lowest BCUT2D eigenvalue weighted by Gasteiger charge is -2.39. The number of hydrogen-bond donors (Lipinski definition) is 4. The fourth-order valence-corrected chi connectivity index (χ4v) is 5.08. The Morgan fingerprint density at radius 2 is 1.97 bits per heavy atom. The highest BCUT2D eigenvalue weighted by Gasteiger charge is 2.44. The molecule has 0 spiro atoms. The van der Waals surface area contributed by atoms with Crippen LogP contribution in [-0.4, -0.2) is 72.0 Å². The number of benzene rings is 1. The number of aliphatic hydroxyl groups is 4. The van der Waals surface area contributed by atoms with E-state index in [4.69, 9.17) is 18.6 Å². The van der Waals surface area contributed by atoms with Gasteiger partial charge in [0.05, 0.1) is 12.8 Å². The van der Waals surface area contributed by atoms with Gasteiger partial charge in [0, 0.05) is 10.9 Å². The molecule has 0 unspecified atom stereocenters. The van der Waals surface area contributed by atoms with Crippen molar-refractivity contribution in [2.75, 3.05) is 6.61 Å². The molecule has 38 heavy (non-hydrogen) atoms. The highest BCUT2D eigenvalue weighted by Crippen LogP contribution is 2.45. The normalized spacial score (nSPS) is 26.7. The van der Waals surface area contributed by atoms with Crippen molar-refractivity contribution < 1.29 is 39.1 Å². The van der Waals surface area contributed by atoms with Gasteiger partial charge in [-0.3, -0.25) is 0 Å². The van der Waals surface area contributed by atoms with Gasteiger partial charge in [-0.1, -0.05) is 12.1 Å². The molecule has 0 radical (unpaired) electrons. The van der Waals surface area contributed by atoms with Gasteiger partial charge >= 0.3 is 5.63 Å². The average molecular weight is 532 g/mol. The lowest BCUT2D eigenvalue weighted by atomic mass is 9.92. The number of aliphatic hydroxyl groups excluding tert-OH is 4. The average Bonchev–Trinajstić information content (AvgIpc) is 3.34. The molecule has 3 aromatic rings. The number of rotatable bonds is 6. The molecule has 1 saturated heterocycles. The van der Waals surface area contributed by atoms with Crippen molar-refractivity contribution >= 4 is 11.0 Å². The number of aromatic nitrogens is 3. The molecular weight excluding hydrogens is 498 g/mol. The van der Waals surface area contributed by atoms with E-state index in [2.05, 4.69) is 10.3 Å². The zero-order valence-electron chi connectivity index (χ0n) is 21.7. The van der Waals surface area contributed by atoms with Gasteiger partial charge in [-0.25, -0.2) is 9.48 Å². The number of aryl methyl sites for hydroxylation is 2. The van der Waals surface area contributed by atoms with E-state index in [1.165, 1.54) is 10.9 Å². The molecule has 0 bridgehead atoms. The van der Waals surface area contributed by atoms with E-state index in [1.807, 2.05) is 33.8 Å². The lowest BCUT2D eigenvalue weighted by molar-refractivity contribution is -0.254. The quantitative estimate of drug-likeness (QED) is 0.334. The number of nitrogens with zero attached hydrogens (tertiary/aromatic N) is 3. The predicted molar refractivity (Wildman–Crippen MR) is 133 cm³/mol. The van der Waals surface area contributed by atoms with Crippen LogP contribution in [0, 0.1) is 6.92 Å². The molecule has 2 aliphatic heterocycles. The van der Waals surface area contributed by atoms with Crippen LogP contribution >= 0.6 is 0 Å². The first kappa shape index (κ1) is 26.6. The van der Waals surface area contributed by atoms with E-state index in [1.54, 1.807) is 0 Å². The predicted octanol–water partition coefficient (Wildman–Crippen LogP) is 0.910. The third kappa shape index (κ3) is 4.56. The minimum absolute atomic E-state index is 0.0783. The standard InChI is InChI=1S/C26H33N3O9/c1-5-15-12(2)16-8-13-6-7-26(3,4)38-21(13)23(22(16)37-25(15)34)35-11-14-9-29(28-27-14)24-20(33)19(32)18(31)17(10-30)36-24/h8-9,17-20,24,30-33H,5-7,10-11H2,1-4H3/t17-,18-,19+,20-,24-/m1/s1. The molecule has 5 atom stereocenters. The summed E-state index contributed by atoms with van der Waals surface area (Å²) in [6.07, 6.45) is -3.21. The Bertz CT molecular complexity index is 1400. The zero-order valence-corrected chi connectivity index (χ0v) is 21.7. The Labute approximate surface area is 218 Å². The number of hydrogen-bond acceptors (Lipinski definition) is 11. The summed E-state index contributed by atoms with van der Waals surface area (Å²) in [6, 6.07) is 2.00. The number of fused-ring (bicyclic) bond motifs is 2. The first-order valence-corrected chi connectivity index (χ1v) is 12.7. The van der Waals surface area contributed by atoms with Crippen LogP contribution in [0.1, 0.15) is 55.8 Å². The van der Waals surface area contributed by atoms with Crippen molar-refractivity contribution in [1.29, 1.82) is 0 Å². The smallest absolute Gasteiger partial charge is 0.339 e. The van der Waals surface area contributed by atoms with E-state index in [-0.39, 0.29) is 6.61 Å². The van der Waals surface area contributed by atoms with Crippen molar-refractivity contribution in [3.8, 4) is 11.5 Å². The van der Waals surface area contributed by atoms with Crippen LogP contribution < -0.4 is 15.1 Å². The van der Waals surface area contributed by atoms with Gasteiger partial charge in [0.2, 0.25) is 5.75 Å². The molecule has 4 N–H and O–H groups in total. The second-order valence-electron chi connectivity index (χ2n) is 10.5. The van der Waals surface area contributed by atoms with Crippen molar-refractivity contribution in [2.24, 2.45) is 0 Å². The molecule has 0 aliphatic carbocycles. The number of ether oxygens (including phenoxy) is 3. The van der Waals surface area contributed by atoms with Crippen molar-refractivity contribution in [1.82, 2.24) is 15.0 Å². The SMILES string of the molecule is CCc1c(C)c2cc3c(c(OCc4cn([C@@H]5O[C@H](CO)[C@@H](O)[C@H](O)[C@H]5O)nn4)c2oc1=O)OC(C)(C)CC3. The van der Waals surface area contributed by atoms with Crippen LogP contribution in [0.4, 0.5) is 0 Å². The molecule has 1 aromatic carbocycles. The molecule has 12 nitrogen and oxygen atoms in total. The highest BCUT2D eigenvalue weighted by atomic mass is 16.6. The van der Waals surface area contributed by atoms with Gasteiger partial charge in [-0.05, 0) is 57.2 Å². The Morgan fingerprint density at radius 3 is 2.68 bits per heavy atom. The Kier molecular flexibility index (Phi) is 6.95. The summed E-state index contributed by atoms with van der Waals surface area (Å²) in [4.78, 5) is 12.7. The fraction of sp³-hybridized carbons (Fsp3) is 0.577. The van der Waals surface area contributed by atoms with Gasteiger partial charge < -0.3 is 39.1 Å². The molecule has 0 amide bonds. The monoisotopic (exact) mass is 531 g/mol. The molecule has 12 heteroatoms. The van der Waals surface area contributed by atoms with Gasteiger partial charge in [-0.2, -0.15) is 0 Å². The van der Waals surface area contributed by atoms with Crippen LogP contribution in [-0.2, 0) is 24.2 Å². The first-order valence-electron chi connectivity index (χ1n) is 12.7. The van der Waals surface area contributed by atoms with Gasteiger partial charge in [0.25, 0.3) is 0 Å². The van der Waals surface area contributed by atoms with E-state index in [9.17, 15) is 25.2 Å². The highest BCUT2D eigenvalue weighted by molar-refractivity contribution is 5.90. The van der Waals surface area contributed by atoms with Crippen LogP contribution in [0.15, 0.2) is 21.5 Å². The molecule has 2 aliphatic rings. The third-order valence-electron chi connectivity index (χ3n) is 7.34. The van der Waals surface area contributed by atoms with Crippen molar-refractivity contribution in [3.05, 3.63) is 45.1 Å². The molecular formula is C26H33N3O9. The largest absolute Gasteiger partial charge is 0.484 e. The summed E-state index contributed by atoms with van der Waals surface area (Å²) in [5, 5.41) is 48.8. The minimum atomic E-state index is -1.54. The molecule has 5 rings (SSSR count). The van der Waals surface area contributed by atoms with Gasteiger partial charge in [0.15, 0.2) is 17.6 Å². The van der Waals surface area contributed by atoms with Crippen molar-refractivity contribution in [3.63, 3.8) is 0 Å². The maximum Gasteiger partial charge on any atom is 0.339 e. The Morgan fingerprint density at radius 1 is 1.21 bits per heavy atom. The van der Waals surface area contributed by atoms with E-state index in [0.717, 1.165) is 29.4 Å². The second kappa shape index (κ2) is 9.93.